The molecule has 0 amide bonds. The van der Waals surface area contributed by atoms with E-state index >= 15 is 0 Å². The molecule has 16 heavy (non-hydrogen) atoms. The predicted molar refractivity (Wildman–Crippen MR) is 68.4 cm³/mol. The Bertz CT molecular complexity index is 352. The first-order valence-corrected chi connectivity index (χ1v) is 5.98. The second kappa shape index (κ2) is 5.85. The van der Waals surface area contributed by atoms with E-state index in [0.717, 1.165) is 19.3 Å². The molecule has 1 unspecified atom stereocenters. The summed E-state index contributed by atoms with van der Waals surface area (Å²) < 4.78 is 1.90. The first-order chi connectivity index (χ1) is 7.62. The average molecular weight is 221 g/mol. The first kappa shape index (κ1) is 13.0. The summed E-state index contributed by atoms with van der Waals surface area (Å²) in [6, 6.07) is 0.344. The van der Waals surface area contributed by atoms with Crippen molar-refractivity contribution in [2.24, 2.45) is 7.05 Å². The van der Waals surface area contributed by atoms with Crippen molar-refractivity contribution in [1.29, 1.82) is 0 Å². The number of nitrogens with one attached hydrogen (secondary N) is 1. The molecule has 0 saturated carbocycles. The van der Waals surface area contributed by atoms with Crippen LogP contribution in [-0.2, 0) is 13.5 Å². The van der Waals surface area contributed by atoms with Crippen LogP contribution in [0.15, 0.2) is 18.3 Å². The molecule has 0 bridgehead atoms. The lowest BCUT2D eigenvalue weighted by molar-refractivity contribution is 0.577. The molecule has 3 heteroatoms. The van der Waals surface area contributed by atoms with E-state index in [1.165, 1.54) is 16.8 Å². The predicted octanol–water partition coefficient (Wildman–Crippen LogP) is 2.60. The maximum atomic E-state index is 4.48. The van der Waals surface area contributed by atoms with E-state index in [9.17, 15) is 0 Å². The Balaban J connectivity index is 2.89. The van der Waals surface area contributed by atoms with Crippen LogP contribution in [-0.4, -0.2) is 16.8 Å². The third kappa shape index (κ3) is 2.95. The number of rotatable bonds is 6. The maximum Gasteiger partial charge on any atom is 0.0669 e. The van der Waals surface area contributed by atoms with Gasteiger partial charge in [-0.05, 0) is 26.3 Å². The van der Waals surface area contributed by atoms with Crippen molar-refractivity contribution in [2.45, 2.75) is 39.2 Å². The summed E-state index contributed by atoms with van der Waals surface area (Å²) in [5.41, 5.74) is 3.78. The van der Waals surface area contributed by atoms with Crippen LogP contribution in [0.2, 0.25) is 0 Å². The number of hydrogen-bond donors (Lipinski definition) is 1. The monoisotopic (exact) mass is 221 g/mol. The van der Waals surface area contributed by atoms with Crippen LogP contribution in [0.3, 0.4) is 0 Å². The molecule has 1 aromatic rings. The van der Waals surface area contributed by atoms with Gasteiger partial charge in [0.15, 0.2) is 0 Å². The van der Waals surface area contributed by atoms with Crippen LogP contribution in [0.1, 0.15) is 44.0 Å². The van der Waals surface area contributed by atoms with Gasteiger partial charge in [0, 0.05) is 24.8 Å². The van der Waals surface area contributed by atoms with Crippen molar-refractivity contribution in [3.63, 3.8) is 0 Å². The van der Waals surface area contributed by atoms with Crippen molar-refractivity contribution in [1.82, 2.24) is 15.1 Å². The molecule has 90 valence electrons. The largest absolute Gasteiger partial charge is 0.313 e. The van der Waals surface area contributed by atoms with Crippen LogP contribution in [0, 0.1) is 0 Å². The van der Waals surface area contributed by atoms with Crippen molar-refractivity contribution in [3.8, 4) is 0 Å². The molecule has 1 N–H and O–H groups in total. The molecular formula is C13H23N3. The van der Waals surface area contributed by atoms with E-state index in [4.69, 9.17) is 0 Å². The molecule has 1 heterocycles. The minimum atomic E-state index is 0.344. The Labute approximate surface area is 98.5 Å². The van der Waals surface area contributed by atoms with Gasteiger partial charge in [-0.15, -0.1) is 0 Å². The Morgan fingerprint density at radius 3 is 2.75 bits per heavy atom. The van der Waals surface area contributed by atoms with E-state index in [1.54, 1.807) is 0 Å². The van der Waals surface area contributed by atoms with E-state index in [1.807, 2.05) is 18.8 Å². The van der Waals surface area contributed by atoms with E-state index < -0.39 is 0 Å². The van der Waals surface area contributed by atoms with Gasteiger partial charge in [0.2, 0.25) is 0 Å². The molecule has 3 nitrogen and oxygen atoms in total. The zero-order valence-corrected chi connectivity index (χ0v) is 10.9. The molecule has 0 aliphatic heterocycles. The van der Waals surface area contributed by atoms with Gasteiger partial charge in [-0.25, -0.2) is 0 Å². The fraction of sp³-hybridized carbons (Fsp3) is 0.615. The number of aryl methyl sites for hydroxylation is 2. The summed E-state index contributed by atoms with van der Waals surface area (Å²) in [6.07, 6.45) is 5.13. The Morgan fingerprint density at radius 1 is 1.56 bits per heavy atom. The van der Waals surface area contributed by atoms with Gasteiger partial charge in [0.1, 0.15) is 0 Å². The first-order valence-electron chi connectivity index (χ1n) is 5.98. The standard InChI is InChI=1S/C13H23N3/c1-6-10(3)8-13(14-4)11-9-16(5)15-12(11)7-2/h9,13-14H,3,6-8H2,1-2,4-5H3. The summed E-state index contributed by atoms with van der Waals surface area (Å²) in [6.45, 7) is 8.38. The van der Waals surface area contributed by atoms with Gasteiger partial charge in [-0.1, -0.05) is 26.0 Å². The van der Waals surface area contributed by atoms with E-state index in [-0.39, 0.29) is 0 Å². The fourth-order valence-electron chi connectivity index (χ4n) is 1.92. The maximum absolute atomic E-state index is 4.48. The summed E-state index contributed by atoms with van der Waals surface area (Å²) in [5.74, 6) is 0. The average Bonchev–Trinajstić information content (AvgIpc) is 2.66. The molecule has 0 fully saturated rings. The highest BCUT2D eigenvalue weighted by molar-refractivity contribution is 5.23. The summed E-state index contributed by atoms with van der Waals surface area (Å²) in [5, 5.41) is 7.84. The molecule has 1 rings (SSSR count). The third-order valence-corrected chi connectivity index (χ3v) is 2.99. The molecule has 0 aliphatic carbocycles. The number of aromatic nitrogens is 2. The molecule has 1 atom stereocenters. The zero-order chi connectivity index (χ0) is 12.1. The minimum absolute atomic E-state index is 0.344. The second-order valence-electron chi connectivity index (χ2n) is 4.21. The molecule has 0 radical (unpaired) electrons. The molecule has 0 aliphatic rings. The van der Waals surface area contributed by atoms with Gasteiger partial charge in [-0.3, -0.25) is 4.68 Å². The van der Waals surface area contributed by atoms with E-state index in [2.05, 4.69) is 37.0 Å². The van der Waals surface area contributed by atoms with Gasteiger partial charge < -0.3 is 5.32 Å². The summed E-state index contributed by atoms with van der Waals surface area (Å²) in [7, 11) is 3.98. The smallest absolute Gasteiger partial charge is 0.0669 e. The minimum Gasteiger partial charge on any atom is -0.313 e. The Kier molecular flexibility index (Phi) is 4.74. The van der Waals surface area contributed by atoms with Gasteiger partial charge >= 0.3 is 0 Å². The van der Waals surface area contributed by atoms with E-state index in [0.29, 0.717) is 6.04 Å². The highest BCUT2D eigenvalue weighted by Gasteiger charge is 2.16. The van der Waals surface area contributed by atoms with Crippen LogP contribution >= 0.6 is 0 Å². The Hall–Kier alpha value is -1.09. The van der Waals surface area contributed by atoms with Gasteiger partial charge in [0.25, 0.3) is 0 Å². The van der Waals surface area contributed by atoms with Crippen LogP contribution < -0.4 is 5.32 Å². The highest BCUT2D eigenvalue weighted by atomic mass is 15.3. The Morgan fingerprint density at radius 2 is 2.25 bits per heavy atom. The second-order valence-corrected chi connectivity index (χ2v) is 4.21. The SMILES string of the molecule is C=C(CC)CC(NC)c1cn(C)nc1CC. The summed E-state index contributed by atoms with van der Waals surface area (Å²) >= 11 is 0. The molecular weight excluding hydrogens is 198 g/mol. The van der Waals surface area contributed by atoms with Crippen LogP contribution in [0.25, 0.3) is 0 Å². The van der Waals surface area contributed by atoms with Gasteiger partial charge in [-0.2, -0.15) is 5.10 Å². The lowest BCUT2D eigenvalue weighted by Gasteiger charge is -2.16. The lowest BCUT2D eigenvalue weighted by Crippen LogP contribution is -2.17. The number of hydrogen-bond acceptors (Lipinski definition) is 2. The quantitative estimate of drug-likeness (QED) is 0.748. The van der Waals surface area contributed by atoms with Crippen molar-refractivity contribution >= 4 is 0 Å². The molecule has 0 spiro atoms. The van der Waals surface area contributed by atoms with Gasteiger partial charge in [0.05, 0.1) is 5.69 Å². The highest BCUT2D eigenvalue weighted by Crippen LogP contribution is 2.24. The van der Waals surface area contributed by atoms with Crippen LogP contribution in [0.5, 0.6) is 0 Å². The number of nitrogens with zero attached hydrogens (tertiary/aromatic N) is 2. The molecule has 0 aromatic carbocycles. The topological polar surface area (TPSA) is 29.9 Å². The molecule has 0 saturated heterocycles. The fourth-order valence-corrected chi connectivity index (χ4v) is 1.92. The third-order valence-electron chi connectivity index (χ3n) is 2.99. The zero-order valence-electron chi connectivity index (χ0n) is 10.9. The normalized spacial score (nSPS) is 12.8. The van der Waals surface area contributed by atoms with Crippen molar-refractivity contribution < 1.29 is 0 Å². The van der Waals surface area contributed by atoms with Crippen LogP contribution in [0.4, 0.5) is 0 Å². The van der Waals surface area contributed by atoms with Crippen molar-refractivity contribution in [2.75, 3.05) is 7.05 Å². The lowest BCUT2D eigenvalue weighted by atomic mass is 9.98. The summed E-state index contributed by atoms with van der Waals surface area (Å²) in [4.78, 5) is 0. The molecule has 1 aromatic heterocycles. The van der Waals surface area contributed by atoms with Crippen molar-refractivity contribution in [3.05, 3.63) is 29.6 Å².